The molecule has 1 aromatic rings. The summed E-state index contributed by atoms with van der Waals surface area (Å²) in [5.41, 5.74) is -1.78. The first-order valence-corrected chi connectivity index (χ1v) is 4.46. The maximum absolute atomic E-state index is 13.1. The second kappa shape index (κ2) is 3.92. The van der Waals surface area contributed by atoms with Gasteiger partial charge in [-0.25, -0.2) is 4.39 Å². The van der Waals surface area contributed by atoms with E-state index in [1.165, 1.54) is 0 Å². The van der Waals surface area contributed by atoms with Crippen molar-refractivity contribution in [1.29, 1.82) is 0 Å². The normalized spacial score (nSPS) is 19.5. The molecule has 1 rings (SSSR count). The zero-order valence-corrected chi connectivity index (χ0v) is 8.59. The van der Waals surface area contributed by atoms with Crippen molar-refractivity contribution in [3.8, 4) is 0 Å². The first-order chi connectivity index (χ1) is 7.46. The van der Waals surface area contributed by atoms with Crippen molar-refractivity contribution < 1.29 is 32.2 Å². The van der Waals surface area contributed by atoms with Crippen LogP contribution in [0, 0.1) is 0 Å². The Morgan fingerprint density at radius 3 is 1.82 bits per heavy atom. The summed E-state index contributed by atoms with van der Waals surface area (Å²) in [6.45, 7) is 0.678. The van der Waals surface area contributed by atoms with Gasteiger partial charge in [-0.15, -0.1) is 0 Å². The van der Waals surface area contributed by atoms with Gasteiger partial charge in [-0.3, -0.25) is 0 Å². The van der Waals surface area contributed by atoms with E-state index in [1.807, 2.05) is 0 Å². The Morgan fingerprint density at radius 1 is 0.941 bits per heavy atom. The predicted molar refractivity (Wildman–Crippen MR) is 48.2 cm³/mol. The molecule has 0 amide bonds. The van der Waals surface area contributed by atoms with E-state index in [0.29, 0.717) is 19.1 Å². The average Bonchev–Trinajstić information content (AvgIpc) is 2.15. The quantitative estimate of drug-likeness (QED) is 0.798. The molecule has 0 aliphatic heterocycles. The molecule has 17 heavy (non-hydrogen) atoms. The van der Waals surface area contributed by atoms with Gasteiger partial charge in [0.1, 0.15) is 0 Å². The molecule has 2 atom stereocenters. The zero-order valence-electron chi connectivity index (χ0n) is 8.59. The number of rotatable bonds is 2. The second-order valence-electron chi connectivity index (χ2n) is 3.65. The van der Waals surface area contributed by atoms with Crippen molar-refractivity contribution in [2.24, 2.45) is 0 Å². The van der Waals surface area contributed by atoms with Gasteiger partial charge in [0.15, 0.2) is 0 Å². The van der Waals surface area contributed by atoms with Crippen LogP contribution in [0.3, 0.4) is 0 Å². The van der Waals surface area contributed by atoms with Gasteiger partial charge in [0, 0.05) is 11.1 Å². The minimum absolute atomic E-state index is 0.410. The molecule has 0 bridgehead atoms. The molecule has 1 aromatic carbocycles. The summed E-state index contributed by atoms with van der Waals surface area (Å²) in [6, 6.07) is 2.92. The number of benzene rings is 1. The molecule has 2 nitrogen and oxygen atoms in total. The molecule has 0 saturated heterocycles. The Labute approximate surface area is 93.3 Å². The molecule has 0 heterocycles. The third-order valence-corrected chi connectivity index (χ3v) is 2.15. The Balaban J connectivity index is 3.26. The Morgan fingerprint density at radius 2 is 1.41 bits per heavy atom. The molecule has 0 aromatic heterocycles. The number of alkyl halides is 5. The van der Waals surface area contributed by atoms with Crippen LogP contribution in [0.5, 0.6) is 0 Å². The lowest BCUT2D eigenvalue weighted by Gasteiger charge is -2.23. The molecule has 0 spiro atoms. The summed E-state index contributed by atoms with van der Waals surface area (Å²) in [5.74, 6) is -7.51. The third-order valence-electron chi connectivity index (χ3n) is 2.15. The van der Waals surface area contributed by atoms with Gasteiger partial charge < -0.3 is 10.2 Å². The van der Waals surface area contributed by atoms with Gasteiger partial charge in [0.05, 0.1) is 0 Å². The van der Waals surface area contributed by atoms with E-state index >= 15 is 0 Å². The summed E-state index contributed by atoms with van der Waals surface area (Å²) in [7, 11) is 0. The molecule has 2 unspecified atom stereocenters. The smallest absolute Gasteiger partial charge is 0.358 e. The van der Waals surface area contributed by atoms with E-state index in [2.05, 4.69) is 0 Å². The monoisotopic (exact) mass is 256 g/mol. The topological polar surface area (TPSA) is 40.5 Å². The highest BCUT2D eigenvalue weighted by molar-refractivity contribution is 5.30. The lowest BCUT2D eigenvalue weighted by Crippen LogP contribution is -2.38. The highest BCUT2D eigenvalue weighted by Crippen LogP contribution is 2.41. The van der Waals surface area contributed by atoms with Crippen LogP contribution in [-0.2, 0) is 11.7 Å². The van der Waals surface area contributed by atoms with Crippen LogP contribution in [0.1, 0.15) is 18.1 Å². The molecule has 0 aliphatic rings. The van der Waals surface area contributed by atoms with Crippen LogP contribution >= 0.6 is 0 Å². The first kappa shape index (κ1) is 13.9. The summed E-state index contributed by atoms with van der Waals surface area (Å²) >= 11 is 0. The largest absolute Gasteiger partial charge is 0.453 e. The molecule has 96 valence electrons. The standard InChI is InChI=1S/C10H9F5O2/c1-8(11,16)6-3-2-4-7(5-6)9(12,17)10(13,14)15/h2-5,16-17H,1H3. The molecule has 0 aliphatic carbocycles. The van der Waals surface area contributed by atoms with E-state index in [9.17, 15) is 22.0 Å². The molecular weight excluding hydrogens is 247 g/mol. The van der Waals surface area contributed by atoms with Crippen molar-refractivity contribution >= 4 is 0 Å². The fourth-order valence-electron chi connectivity index (χ4n) is 1.17. The zero-order chi connectivity index (χ0) is 13.5. The van der Waals surface area contributed by atoms with Gasteiger partial charge in [-0.2, -0.15) is 17.6 Å². The molecule has 7 heteroatoms. The molecule has 2 N–H and O–H groups in total. The van der Waals surface area contributed by atoms with Crippen molar-refractivity contribution in [2.45, 2.75) is 24.8 Å². The van der Waals surface area contributed by atoms with Crippen molar-refractivity contribution in [1.82, 2.24) is 0 Å². The Kier molecular flexibility index (Phi) is 3.19. The van der Waals surface area contributed by atoms with E-state index in [-0.39, 0.29) is 0 Å². The maximum Gasteiger partial charge on any atom is 0.453 e. The number of hydrogen-bond donors (Lipinski definition) is 2. The number of hydrogen-bond acceptors (Lipinski definition) is 2. The lowest BCUT2D eigenvalue weighted by molar-refractivity contribution is -0.323. The SMILES string of the molecule is CC(O)(F)c1cccc(C(O)(F)C(F)(F)F)c1. The average molecular weight is 256 g/mol. The van der Waals surface area contributed by atoms with Crippen LogP contribution < -0.4 is 0 Å². The Hall–Kier alpha value is -1.21. The van der Waals surface area contributed by atoms with Gasteiger partial charge in [0.2, 0.25) is 5.85 Å². The van der Waals surface area contributed by atoms with Crippen LogP contribution in [-0.4, -0.2) is 16.4 Å². The van der Waals surface area contributed by atoms with E-state index in [1.54, 1.807) is 0 Å². The molecule has 0 radical (unpaired) electrons. The summed E-state index contributed by atoms with van der Waals surface area (Å²) in [5, 5.41) is 17.6. The van der Waals surface area contributed by atoms with Crippen LogP contribution in [0.15, 0.2) is 24.3 Å². The minimum Gasteiger partial charge on any atom is -0.358 e. The number of aliphatic hydroxyl groups is 2. The van der Waals surface area contributed by atoms with Crippen LogP contribution in [0.4, 0.5) is 22.0 Å². The highest BCUT2D eigenvalue weighted by atomic mass is 19.4. The van der Waals surface area contributed by atoms with Gasteiger partial charge in [0.25, 0.3) is 0 Å². The van der Waals surface area contributed by atoms with Crippen molar-refractivity contribution in [3.63, 3.8) is 0 Å². The Bertz CT molecular complexity index is 406. The van der Waals surface area contributed by atoms with Crippen molar-refractivity contribution in [3.05, 3.63) is 35.4 Å². The fourth-order valence-corrected chi connectivity index (χ4v) is 1.17. The van der Waals surface area contributed by atoms with Gasteiger partial charge in [-0.05, 0) is 13.0 Å². The summed E-state index contributed by atoms with van der Waals surface area (Å²) < 4.78 is 62.7. The molecule has 0 fully saturated rings. The number of halogens is 5. The van der Waals surface area contributed by atoms with E-state index < -0.39 is 29.0 Å². The van der Waals surface area contributed by atoms with Gasteiger partial charge in [-0.1, -0.05) is 18.2 Å². The first-order valence-electron chi connectivity index (χ1n) is 4.46. The van der Waals surface area contributed by atoms with Crippen molar-refractivity contribution in [2.75, 3.05) is 0 Å². The fraction of sp³-hybridized carbons (Fsp3) is 0.400. The van der Waals surface area contributed by atoms with E-state index in [0.717, 1.165) is 12.1 Å². The minimum atomic E-state index is -5.55. The highest BCUT2D eigenvalue weighted by Gasteiger charge is 2.56. The van der Waals surface area contributed by atoms with Crippen LogP contribution in [0.2, 0.25) is 0 Å². The van der Waals surface area contributed by atoms with Crippen LogP contribution in [0.25, 0.3) is 0 Å². The molecular formula is C10H9F5O2. The third kappa shape index (κ3) is 2.73. The lowest BCUT2D eigenvalue weighted by atomic mass is 10.0. The molecule has 0 saturated carbocycles. The van der Waals surface area contributed by atoms with Gasteiger partial charge >= 0.3 is 12.0 Å². The maximum atomic E-state index is 13.1. The van der Waals surface area contributed by atoms with E-state index in [4.69, 9.17) is 10.2 Å². The predicted octanol–water partition coefficient (Wildman–Crippen LogP) is 2.50. The summed E-state index contributed by atoms with van der Waals surface area (Å²) in [6.07, 6.45) is -5.55. The summed E-state index contributed by atoms with van der Waals surface area (Å²) in [4.78, 5) is 0. The second-order valence-corrected chi connectivity index (χ2v) is 3.65.